The zero-order chi connectivity index (χ0) is 13.5. The van der Waals surface area contributed by atoms with E-state index in [-0.39, 0.29) is 5.92 Å². The zero-order valence-corrected chi connectivity index (χ0v) is 12.2. The molecule has 1 heteroatoms. The van der Waals surface area contributed by atoms with Crippen LogP contribution < -0.4 is 0 Å². The largest absolute Gasteiger partial charge is 0.294 e. The van der Waals surface area contributed by atoms with Gasteiger partial charge in [-0.25, -0.2) is 0 Å². The summed E-state index contributed by atoms with van der Waals surface area (Å²) in [7, 11) is 0. The van der Waals surface area contributed by atoms with E-state index in [2.05, 4.69) is 19.1 Å². The first-order valence-corrected chi connectivity index (χ1v) is 7.94. The van der Waals surface area contributed by atoms with Crippen molar-refractivity contribution in [3.05, 3.63) is 35.4 Å². The maximum Gasteiger partial charge on any atom is 0.165 e. The number of hydrogen-bond acceptors (Lipinski definition) is 1. The molecule has 0 saturated heterocycles. The van der Waals surface area contributed by atoms with Crippen molar-refractivity contribution in [1.82, 2.24) is 0 Å². The minimum atomic E-state index is 0.281. The quantitative estimate of drug-likeness (QED) is 0.525. The standard InChI is InChI=1S/C18H26O/c1-2-3-8-15-11-13-17(14-12-15)18(19)16-9-6-4-5-7-10-16/h11-14,16H,2-10H2,1H3. The van der Waals surface area contributed by atoms with Crippen LogP contribution in [-0.4, -0.2) is 5.78 Å². The van der Waals surface area contributed by atoms with Crippen molar-refractivity contribution >= 4 is 5.78 Å². The van der Waals surface area contributed by atoms with Gasteiger partial charge in [-0.2, -0.15) is 0 Å². The van der Waals surface area contributed by atoms with Crippen molar-refractivity contribution in [3.63, 3.8) is 0 Å². The molecule has 0 aromatic heterocycles. The first-order valence-electron chi connectivity index (χ1n) is 7.94. The van der Waals surface area contributed by atoms with Crippen molar-refractivity contribution in [2.24, 2.45) is 5.92 Å². The number of unbranched alkanes of at least 4 members (excludes halogenated alkanes) is 1. The molecule has 0 radical (unpaired) electrons. The third-order valence-electron chi connectivity index (χ3n) is 4.28. The summed E-state index contributed by atoms with van der Waals surface area (Å²) in [5.74, 6) is 0.660. The van der Waals surface area contributed by atoms with Crippen LogP contribution in [0.3, 0.4) is 0 Å². The molecule has 0 unspecified atom stereocenters. The molecular formula is C18H26O. The molecule has 1 aromatic carbocycles. The smallest absolute Gasteiger partial charge is 0.165 e. The average Bonchev–Trinajstić information content (AvgIpc) is 2.74. The van der Waals surface area contributed by atoms with Gasteiger partial charge >= 0.3 is 0 Å². The van der Waals surface area contributed by atoms with Gasteiger partial charge in [0.25, 0.3) is 0 Å². The third-order valence-corrected chi connectivity index (χ3v) is 4.28. The summed E-state index contributed by atoms with van der Waals surface area (Å²) in [6.45, 7) is 2.21. The number of Topliss-reactive ketones (excluding diaryl/α,β-unsaturated/α-hetero) is 1. The number of ketones is 1. The number of carbonyl (C=O) groups excluding carboxylic acids is 1. The summed E-state index contributed by atoms with van der Waals surface area (Å²) < 4.78 is 0. The highest BCUT2D eigenvalue weighted by atomic mass is 16.1. The molecule has 1 fully saturated rings. The lowest BCUT2D eigenvalue weighted by Crippen LogP contribution is -2.14. The maximum atomic E-state index is 12.5. The molecule has 1 aliphatic rings. The van der Waals surface area contributed by atoms with E-state index in [1.54, 1.807) is 0 Å². The van der Waals surface area contributed by atoms with Gasteiger partial charge in [-0.1, -0.05) is 63.3 Å². The highest BCUT2D eigenvalue weighted by Gasteiger charge is 2.21. The van der Waals surface area contributed by atoms with Crippen LogP contribution in [-0.2, 0) is 6.42 Å². The topological polar surface area (TPSA) is 17.1 Å². The predicted molar refractivity (Wildman–Crippen MR) is 80.6 cm³/mol. The first-order chi connectivity index (χ1) is 9.31. The summed E-state index contributed by atoms with van der Waals surface area (Å²) in [4.78, 5) is 12.5. The van der Waals surface area contributed by atoms with Crippen LogP contribution in [0.15, 0.2) is 24.3 Å². The lowest BCUT2D eigenvalue weighted by atomic mass is 9.90. The molecule has 1 aliphatic carbocycles. The van der Waals surface area contributed by atoms with E-state index in [0.717, 1.165) is 24.8 Å². The van der Waals surface area contributed by atoms with Crippen molar-refractivity contribution < 1.29 is 4.79 Å². The summed E-state index contributed by atoms with van der Waals surface area (Å²) in [5, 5.41) is 0. The molecule has 104 valence electrons. The summed E-state index contributed by atoms with van der Waals surface area (Å²) >= 11 is 0. The lowest BCUT2D eigenvalue weighted by molar-refractivity contribution is 0.0908. The number of rotatable bonds is 5. The molecule has 1 nitrogen and oxygen atoms in total. The van der Waals surface area contributed by atoms with Crippen molar-refractivity contribution in [1.29, 1.82) is 0 Å². The van der Waals surface area contributed by atoms with Gasteiger partial charge in [-0.15, -0.1) is 0 Å². The Kier molecular flexibility index (Phi) is 5.62. The van der Waals surface area contributed by atoms with E-state index in [1.807, 2.05) is 12.1 Å². The van der Waals surface area contributed by atoms with E-state index in [0.29, 0.717) is 5.78 Å². The Balaban J connectivity index is 1.98. The van der Waals surface area contributed by atoms with Crippen molar-refractivity contribution in [2.45, 2.75) is 64.7 Å². The Bertz CT molecular complexity index is 383. The average molecular weight is 258 g/mol. The minimum absolute atomic E-state index is 0.281. The van der Waals surface area contributed by atoms with Gasteiger partial charge in [0, 0.05) is 11.5 Å². The summed E-state index contributed by atoms with van der Waals surface area (Å²) in [5.41, 5.74) is 2.28. The number of aryl methyl sites for hydroxylation is 1. The molecule has 1 saturated carbocycles. The molecule has 0 N–H and O–H groups in total. The Morgan fingerprint density at radius 2 is 1.68 bits per heavy atom. The molecule has 2 rings (SSSR count). The molecule has 19 heavy (non-hydrogen) atoms. The van der Waals surface area contributed by atoms with Crippen LogP contribution in [0.2, 0.25) is 0 Å². The van der Waals surface area contributed by atoms with Crippen LogP contribution in [0.1, 0.15) is 74.2 Å². The summed E-state index contributed by atoms with van der Waals surface area (Å²) in [6.07, 6.45) is 10.8. The van der Waals surface area contributed by atoms with Gasteiger partial charge < -0.3 is 0 Å². The van der Waals surface area contributed by atoms with E-state index in [1.165, 1.54) is 44.1 Å². The molecular weight excluding hydrogens is 232 g/mol. The normalized spacial score (nSPS) is 17.1. The van der Waals surface area contributed by atoms with Gasteiger partial charge in [0.1, 0.15) is 0 Å². The summed E-state index contributed by atoms with van der Waals surface area (Å²) in [6, 6.07) is 8.36. The first kappa shape index (κ1) is 14.3. The van der Waals surface area contributed by atoms with E-state index in [9.17, 15) is 4.79 Å². The maximum absolute atomic E-state index is 12.5. The Morgan fingerprint density at radius 1 is 1.05 bits per heavy atom. The highest BCUT2D eigenvalue weighted by molar-refractivity contribution is 5.97. The van der Waals surface area contributed by atoms with Crippen molar-refractivity contribution in [3.8, 4) is 0 Å². The number of carbonyl (C=O) groups is 1. The SMILES string of the molecule is CCCCc1ccc(C(=O)C2CCCCCC2)cc1. The minimum Gasteiger partial charge on any atom is -0.294 e. The molecule has 0 atom stereocenters. The Labute approximate surface area is 117 Å². The Morgan fingerprint density at radius 3 is 2.26 bits per heavy atom. The Hall–Kier alpha value is -1.11. The fourth-order valence-corrected chi connectivity index (χ4v) is 2.99. The second-order valence-corrected chi connectivity index (χ2v) is 5.85. The number of hydrogen-bond donors (Lipinski definition) is 0. The molecule has 0 bridgehead atoms. The molecule has 0 heterocycles. The fraction of sp³-hybridized carbons (Fsp3) is 0.611. The van der Waals surface area contributed by atoms with E-state index < -0.39 is 0 Å². The van der Waals surface area contributed by atoms with Gasteiger partial charge in [0.15, 0.2) is 5.78 Å². The van der Waals surface area contributed by atoms with Gasteiger partial charge in [0.05, 0.1) is 0 Å². The lowest BCUT2D eigenvalue weighted by Gasteiger charge is -2.13. The second-order valence-electron chi connectivity index (χ2n) is 5.85. The van der Waals surface area contributed by atoms with Gasteiger partial charge in [0.2, 0.25) is 0 Å². The second kappa shape index (κ2) is 7.47. The van der Waals surface area contributed by atoms with E-state index in [4.69, 9.17) is 0 Å². The zero-order valence-electron chi connectivity index (χ0n) is 12.2. The van der Waals surface area contributed by atoms with Gasteiger partial charge in [-0.05, 0) is 31.2 Å². The number of benzene rings is 1. The highest BCUT2D eigenvalue weighted by Crippen LogP contribution is 2.26. The monoisotopic (exact) mass is 258 g/mol. The van der Waals surface area contributed by atoms with Crippen LogP contribution in [0, 0.1) is 5.92 Å². The third kappa shape index (κ3) is 4.19. The fourth-order valence-electron chi connectivity index (χ4n) is 2.99. The van der Waals surface area contributed by atoms with Crippen LogP contribution in [0.5, 0.6) is 0 Å². The molecule has 0 amide bonds. The van der Waals surface area contributed by atoms with Crippen LogP contribution >= 0.6 is 0 Å². The molecule has 0 aliphatic heterocycles. The molecule has 1 aromatic rings. The molecule has 0 spiro atoms. The van der Waals surface area contributed by atoms with Crippen molar-refractivity contribution in [2.75, 3.05) is 0 Å². The van der Waals surface area contributed by atoms with Crippen LogP contribution in [0.25, 0.3) is 0 Å². The van der Waals surface area contributed by atoms with Gasteiger partial charge in [-0.3, -0.25) is 4.79 Å². The van der Waals surface area contributed by atoms with E-state index >= 15 is 0 Å². The predicted octanol–water partition coefficient (Wildman–Crippen LogP) is 5.18. The van der Waals surface area contributed by atoms with Crippen LogP contribution in [0.4, 0.5) is 0 Å².